The summed E-state index contributed by atoms with van der Waals surface area (Å²) >= 11 is 0. The van der Waals surface area contributed by atoms with Gasteiger partial charge in [-0.2, -0.15) is 0 Å². The van der Waals surface area contributed by atoms with Crippen LogP contribution in [0.25, 0.3) is 10.9 Å². The van der Waals surface area contributed by atoms with Crippen LogP contribution in [0.4, 0.5) is 4.39 Å². The number of rotatable bonds is 7. The second kappa shape index (κ2) is 11.6. The zero-order valence-electron chi connectivity index (χ0n) is 23.3. The Bertz CT molecular complexity index is 1520. The first-order valence-corrected chi connectivity index (χ1v) is 13.9. The predicted molar refractivity (Wildman–Crippen MR) is 153 cm³/mol. The molecule has 41 heavy (non-hydrogen) atoms. The average molecular weight is 560 g/mol. The molecule has 1 aromatic heterocycles. The van der Waals surface area contributed by atoms with E-state index < -0.39 is 11.7 Å². The third-order valence-corrected chi connectivity index (χ3v) is 7.89. The molecule has 10 heteroatoms. The number of hydrogen-bond donors (Lipinski definition) is 1. The normalized spacial score (nSPS) is 19.4. The van der Waals surface area contributed by atoms with Gasteiger partial charge in [0.05, 0.1) is 29.3 Å². The van der Waals surface area contributed by atoms with Crippen molar-refractivity contribution in [2.24, 2.45) is 0 Å². The molecule has 0 radical (unpaired) electrons. The molecule has 214 valence electrons. The molecule has 0 spiro atoms. The Kier molecular flexibility index (Phi) is 7.99. The van der Waals surface area contributed by atoms with Gasteiger partial charge < -0.3 is 20.4 Å². The Balaban J connectivity index is 1.45. The minimum Gasteiger partial charge on any atom is -0.493 e. The van der Waals surface area contributed by atoms with Crippen molar-refractivity contribution in [1.29, 1.82) is 0 Å². The minimum atomic E-state index is -0.654. The van der Waals surface area contributed by atoms with E-state index in [1.807, 2.05) is 13.8 Å². The summed E-state index contributed by atoms with van der Waals surface area (Å²) in [6.07, 6.45) is 9.05. The number of terminal acetylenes is 1. The van der Waals surface area contributed by atoms with Gasteiger partial charge in [0.1, 0.15) is 11.6 Å². The number of nitrogens with zero attached hydrogens (tertiary/aromatic N) is 4. The molecular formula is C31H34FN5O4. The number of halogens is 1. The summed E-state index contributed by atoms with van der Waals surface area (Å²) in [5.74, 6) is 7.50. The van der Waals surface area contributed by atoms with E-state index in [4.69, 9.17) is 17.0 Å². The van der Waals surface area contributed by atoms with Crippen molar-refractivity contribution in [2.75, 3.05) is 38.6 Å². The maximum Gasteiger partial charge on any atom is 0.295 e. The van der Waals surface area contributed by atoms with E-state index in [0.717, 1.165) is 18.4 Å². The highest BCUT2D eigenvalue weighted by molar-refractivity contribution is 6.45. The van der Waals surface area contributed by atoms with Gasteiger partial charge in [0.25, 0.3) is 17.6 Å². The molecule has 0 bridgehead atoms. The lowest BCUT2D eigenvalue weighted by Gasteiger charge is -2.43. The van der Waals surface area contributed by atoms with Crippen LogP contribution in [0.15, 0.2) is 42.6 Å². The quantitative estimate of drug-likeness (QED) is 0.207. The minimum absolute atomic E-state index is 0.148. The second-order valence-corrected chi connectivity index (χ2v) is 10.6. The molecule has 2 atom stereocenters. The number of fused-ring (bicyclic) bond motifs is 1. The van der Waals surface area contributed by atoms with Crippen LogP contribution in [-0.4, -0.2) is 81.8 Å². The van der Waals surface area contributed by atoms with E-state index in [1.165, 1.54) is 23.0 Å². The number of likely N-dealkylation sites (tertiary alicyclic amines) is 1. The van der Waals surface area contributed by atoms with Crippen molar-refractivity contribution in [3.8, 4) is 18.1 Å². The SMILES string of the molecule is C#C[C@H]1CN(C(=O)c2cc3c(C(=O)C(=O)N4CCCC4)cn(N)c3cc2OCC)[C@H](C)CN1Cc1ccc(F)cc1. The third kappa shape index (κ3) is 5.50. The molecule has 2 N–H and O–H groups in total. The molecule has 2 fully saturated rings. The van der Waals surface area contributed by atoms with Crippen LogP contribution < -0.4 is 10.6 Å². The second-order valence-electron chi connectivity index (χ2n) is 10.6. The van der Waals surface area contributed by atoms with Crippen molar-refractivity contribution in [2.45, 2.75) is 45.3 Å². The number of carbonyl (C=O) groups is 3. The van der Waals surface area contributed by atoms with Crippen LogP contribution in [-0.2, 0) is 11.3 Å². The van der Waals surface area contributed by atoms with E-state index in [2.05, 4.69) is 10.8 Å². The van der Waals surface area contributed by atoms with Gasteiger partial charge in [0.2, 0.25) is 0 Å². The van der Waals surface area contributed by atoms with E-state index in [9.17, 15) is 18.8 Å². The summed E-state index contributed by atoms with van der Waals surface area (Å²) in [7, 11) is 0. The summed E-state index contributed by atoms with van der Waals surface area (Å²) in [6.45, 7) is 6.48. The summed E-state index contributed by atoms with van der Waals surface area (Å²) < 4.78 is 20.5. The van der Waals surface area contributed by atoms with E-state index in [1.54, 1.807) is 34.1 Å². The van der Waals surface area contributed by atoms with Gasteiger partial charge in [-0.3, -0.25) is 24.0 Å². The maximum absolute atomic E-state index is 14.1. The smallest absolute Gasteiger partial charge is 0.295 e. The summed E-state index contributed by atoms with van der Waals surface area (Å²) in [5, 5.41) is 0.410. The zero-order chi connectivity index (χ0) is 29.3. The first-order chi connectivity index (χ1) is 19.7. The van der Waals surface area contributed by atoms with Gasteiger partial charge >= 0.3 is 0 Å². The molecule has 2 aliphatic rings. The number of amides is 2. The van der Waals surface area contributed by atoms with Crippen LogP contribution in [0.2, 0.25) is 0 Å². The Hall–Kier alpha value is -4.36. The Morgan fingerprint density at radius 2 is 1.80 bits per heavy atom. The molecular weight excluding hydrogens is 525 g/mol. The van der Waals surface area contributed by atoms with Gasteiger partial charge in [-0.05, 0) is 50.5 Å². The van der Waals surface area contributed by atoms with E-state index >= 15 is 0 Å². The zero-order valence-corrected chi connectivity index (χ0v) is 23.3. The first-order valence-electron chi connectivity index (χ1n) is 13.9. The van der Waals surface area contributed by atoms with Gasteiger partial charge in [0.15, 0.2) is 0 Å². The topological polar surface area (TPSA) is 101 Å². The van der Waals surface area contributed by atoms with E-state index in [-0.39, 0.29) is 41.5 Å². The number of nitrogen functional groups attached to an aromatic ring is 1. The fraction of sp³-hybridized carbons (Fsp3) is 0.387. The highest BCUT2D eigenvalue weighted by Gasteiger charge is 2.36. The van der Waals surface area contributed by atoms with Gasteiger partial charge in [-0.1, -0.05) is 18.1 Å². The van der Waals surface area contributed by atoms with Crippen LogP contribution in [0.3, 0.4) is 0 Å². The Morgan fingerprint density at radius 1 is 1.10 bits per heavy atom. The molecule has 0 unspecified atom stereocenters. The number of piperazine rings is 1. The molecule has 3 aromatic rings. The lowest BCUT2D eigenvalue weighted by atomic mass is 10.0. The molecule has 5 rings (SSSR count). The monoisotopic (exact) mass is 559 g/mol. The van der Waals surface area contributed by atoms with Crippen molar-refractivity contribution in [3.63, 3.8) is 0 Å². The fourth-order valence-corrected chi connectivity index (χ4v) is 5.72. The lowest BCUT2D eigenvalue weighted by Crippen LogP contribution is -2.58. The molecule has 2 amide bonds. The number of benzene rings is 2. The molecule has 3 heterocycles. The highest BCUT2D eigenvalue weighted by atomic mass is 19.1. The number of hydrogen-bond acceptors (Lipinski definition) is 6. The highest BCUT2D eigenvalue weighted by Crippen LogP contribution is 2.32. The number of nitrogens with two attached hydrogens (primary N) is 1. The number of aromatic nitrogens is 1. The summed E-state index contributed by atoms with van der Waals surface area (Å²) in [4.78, 5) is 45.6. The van der Waals surface area contributed by atoms with Crippen LogP contribution in [0.1, 0.15) is 53.0 Å². The van der Waals surface area contributed by atoms with E-state index in [0.29, 0.717) is 49.4 Å². The Morgan fingerprint density at radius 3 is 2.46 bits per heavy atom. The first kappa shape index (κ1) is 28.2. The maximum atomic E-state index is 14.1. The number of ether oxygens (including phenoxy) is 1. The molecule has 9 nitrogen and oxygen atoms in total. The molecule has 2 aliphatic heterocycles. The van der Waals surface area contributed by atoms with Crippen LogP contribution >= 0.6 is 0 Å². The number of ketones is 1. The van der Waals surface area contributed by atoms with Gasteiger partial charge in [-0.25, -0.2) is 4.39 Å². The lowest BCUT2D eigenvalue weighted by molar-refractivity contribution is -0.125. The molecule has 0 saturated carbocycles. The average Bonchev–Trinajstić information content (AvgIpc) is 3.61. The molecule has 0 aliphatic carbocycles. The van der Waals surface area contributed by atoms with Crippen molar-refractivity contribution < 1.29 is 23.5 Å². The van der Waals surface area contributed by atoms with Gasteiger partial charge in [0, 0.05) is 56.4 Å². The third-order valence-electron chi connectivity index (χ3n) is 7.89. The van der Waals surface area contributed by atoms with Crippen LogP contribution in [0.5, 0.6) is 5.75 Å². The standard InChI is InChI=1S/C31H34FN5O4/c1-4-23-18-36(20(3)16-35(23)17-21-8-10-22(32)11-9-21)30(39)25-14-24-26(29(38)31(40)34-12-6-7-13-34)19-37(33)27(24)15-28(25)41-5-2/h1,8-11,14-15,19-20,23H,5-7,12-13,16-18,33H2,2-3H3/t20-,23+/m1/s1. The predicted octanol–water partition coefficient (Wildman–Crippen LogP) is 3.05. The summed E-state index contributed by atoms with van der Waals surface area (Å²) in [6, 6.07) is 8.96. The number of carbonyl (C=O) groups excluding carboxylic acids is 3. The largest absolute Gasteiger partial charge is 0.493 e. The molecule has 2 aromatic carbocycles. The van der Waals surface area contributed by atoms with Crippen molar-refractivity contribution >= 4 is 28.5 Å². The van der Waals surface area contributed by atoms with Crippen molar-refractivity contribution in [1.82, 2.24) is 19.4 Å². The Labute approximate surface area is 238 Å². The molecule has 2 saturated heterocycles. The van der Waals surface area contributed by atoms with Crippen LogP contribution in [0, 0.1) is 18.2 Å². The fourth-order valence-electron chi connectivity index (χ4n) is 5.72. The number of Topliss-reactive ketones (excluding diaryl/α,β-unsaturated/α-hetero) is 1. The summed E-state index contributed by atoms with van der Waals surface area (Å²) in [5.41, 5.74) is 1.81. The van der Waals surface area contributed by atoms with Gasteiger partial charge in [-0.15, -0.1) is 6.42 Å². The van der Waals surface area contributed by atoms with Crippen molar-refractivity contribution in [3.05, 3.63) is 65.1 Å².